The minimum absolute atomic E-state index is 0.0453. The summed E-state index contributed by atoms with van der Waals surface area (Å²) in [7, 11) is 0. The van der Waals surface area contributed by atoms with E-state index in [4.69, 9.17) is 22.1 Å². The number of carbonyl (C=O) groups excluding carboxylic acids is 4. The molecule has 206 valence electrons. The summed E-state index contributed by atoms with van der Waals surface area (Å²) >= 11 is 6.09. The first-order valence-electron chi connectivity index (χ1n) is 12.4. The van der Waals surface area contributed by atoms with Crippen LogP contribution in [0.15, 0.2) is 47.5 Å². The third-order valence-electron chi connectivity index (χ3n) is 6.81. The minimum Gasteiger partial charge on any atom is -0.483 e. The zero-order chi connectivity index (χ0) is 28.3. The van der Waals surface area contributed by atoms with Gasteiger partial charge in [0.2, 0.25) is 11.9 Å². The standard InChI is InChI=1S/C27H29ClFN5O5/c1-15-12-34(16(2)11-33(15)13-17-3-6-19(29)7-4-17)24(36)14-39-23-8-5-18(28)9-20(23)22(35)10-21-25(37)31-27(30)32-26(21)38/h3-9,15-16,21H,10-14H2,1-2H3,(H3,30,31,32,37,38). The van der Waals surface area contributed by atoms with Crippen molar-refractivity contribution in [1.29, 1.82) is 0 Å². The van der Waals surface area contributed by atoms with Gasteiger partial charge in [-0.25, -0.2) is 4.39 Å². The highest BCUT2D eigenvalue weighted by molar-refractivity contribution is 6.31. The van der Waals surface area contributed by atoms with Gasteiger partial charge in [0.05, 0.1) is 5.56 Å². The van der Waals surface area contributed by atoms with Crippen molar-refractivity contribution in [2.24, 2.45) is 16.6 Å². The molecule has 1 saturated heterocycles. The Hall–Kier alpha value is -3.83. The molecule has 2 heterocycles. The monoisotopic (exact) mass is 557 g/mol. The molecule has 4 rings (SSSR count). The molecule has 1 fully saturated rings. The minimum atomic E-state index is -1.33. The molecule has 0 spiro atoms. The third kappa shape index (κ3) is 6.79. The fourth-order valence-electron chi connectivity index (χ4n) is 4.68. The van der Waals surface area contributed by atoms with E-state index < -0.39 is 29.9 Å². The summed E-state index contributed by atoms with van der Waals surface area (Å²) in [6, 6.07) is 10.7. The van der Waals surface area contributed by atoms with Crippen LogP contribution in [0.3, 0.4) is 0 Å². The van der Waals surface area contributed by atoms with Gasteiger partial charge in [0.15, 0.2) is 12.4 Å². The Morgan fingerprint density at radius 3 is 2.54 bits per heavy atom. The van der Waals surface area contributed by atoms with Crippen molar-refractivity contribution < 1.29 is 28.3 Å². The summed E-state index contributed by atoms with van der Waals surface area (Å²) < 4.78 is 19.0. The molecule has 39 heavy (non-hydrogen) atoms. The number of amides is 3. The van der Waals surface area contributed by atoms with Gasteiger partial charge >= 0.3 is 0 Å². The lowest BCUT2D eigenvalue weighted by Gasteiger charge is -2.44. The molecule has 12 heteroatoms. The first-order valence-corrected chi connectivity index (χ1v) is 12.8. The topological polar surface area (TPSA) is 134 Å². The molecular weight excluding hydrogens is 529 g/mol. The number of hydrogen-bond donors (Lipinski definition) is 2. The van der Waals surface area contributed by atoms with Gasteiger partial charge in [-0.15, -0.1) is 0 Å². The van der Waals surface area contributed by atoms with E-state index in [2.05, 4.69) is 15.2 Å². The predicted octanol–water partition coefficient (Wildman–Crippen LogP) is 2.14. The second-order valence-electron chi connectivity index (χ2n) is 9.73. The van der Waals surface area contributed by atoms with Gasteiger partial charge in [0.25, 0.3) is 11.8 Å². The number of aliphatic imine (C=N–C) groups is 1. The molecule has 0 aliphatic carbocycles. The molecule has 3 atom stereocenters. The van der Waals surface area contributed by atoms with E-state index in [-0.39, 0.29) is 52.7 Å². The Kier molecular flexibility index (Phi) is 8.61. The number of Topliss-reactive ketones (excluding diaryl/α,β-unsaturated/α-hetero) is 1. The number of nitrogens with one attached hydrogen (secondary N) is 1. The average Bonchev–Trinajstić information content (AvgIpc) is 2.88. The van der Waals surface area contributed by atoms with Crippen LogP contribution in [0.25, 0.3) is 0 Å². The molecular formula is C27H29ClFN5O5. The summed E-state index contributed by atoms with van der Waals surface area (Å²) in [5, 5.41) is 2.48. The second kappa shape index (κ2) is 11.9. The molecule has 10 nitrogen and oxygen atoms in total. The molecule has 0 saturated carbocycles. The highest BCUT2D eigenvalue weighted by Crippen LogP contribution is 2.27. The molecule has 3 N–H and O–H groups in total. The van der Waals surface area contributed by atoms with Gasteiger partial charge in [0.1, 0.15) is 17.5 Å². The number of carbonyl (C=O) groups is 4. The summed E-state index contributed by atoms with van der Waals surface area (Å²) in [6.45, 7) is 5.38. The largest absolute Gasteiger partial charge is 0.483 e. The van der Waals surface area contributed by atoms with E-state index in [1.54, 1.807) is 17.0 Å². The van der Waals surface area contributed by atoms with E-state index in [1.165, 1.54) is 30.3 Å². The van der Waals surface area contributed by atoms with Crippen LogP contribution < -0.4 is 15.8 Å². The predicted molar refractivity (Wildman–Crippen MR) is 142 cm³/mol. The first kappa shape index (κ1) is 28.2. The molecule has 3 amide bonds. The van der Waals surface area contributed by atoms with Crippen LogP contribution >= 0.6 is 11.6 Å². The SMILES string of the molecule is CC1CN(C(=O)COc2ccc(Cl)cc2C(=O)CC2C(=O)N=C(N)NC2=O)C(C)CN1Cc1ccc(F)cc1. The number of nitrogens with two attached hydrogens (primary N) is 1. The highest BCUT2D eigenvalue weighted by Gasteiger charge is 2.35. The van der Waals surface area contributed by atoms with Gasteiger partial charge in [-0.05, 0) is 49.7 Å². The number of ketones is 1. The van der Waals surface area contributed by atoms with Crippen LogP contribution in [0.5, 0.6) is 5.75 Å². The van der Waals surface area contributed by atoms with Crippen molar-refractivity contribution >= 4 is 41.1 Å². The van der Waals surface area contributed by atoms with Crippen molar-refractivity contribution in [3.63, 3.8) is 0 Å². The number of halogens is 2. The van der Waals surface area contributed by atoms with Crippen molar-refractivity contribution in [1.82, 2.24) is 15.1 Å². The summed E-state index contributed by atoms with van der Waals surface area (Å²) in [5.74, 6) is -4.18. The summed E-state index contributed by atoms with van der Waals surface area (Å²) in [4.78, 5) is 57.9. The van der Waals surface area contributed by atoms with Gasteiger partial charge in [-0.1, -0.05) is 23.7 Å². The van der Waals surface area contributed by atoms with E-state index in [0.717, 1.165) is 5.56 Å². The number of benzene rings is 2. The lowest BCUT2D eigenvalue weighted by molar-refractivity contribution is -0.139. The Morgan fingerprint density at radius 1 is 1.13 bits per heavy atom. The lowest BCUT2D eigenvalue weighted by Crippen LogP contribution is -2.58. The summed E-state index contributed by atoms with van der Waals surface area (Å²) in [6.07, 6.45) is -0.462. The van der Waals surface area contributed by atoms with Crippen LogP contribution in [0, 0.1) is 11.7 Å². The van der Waals surface area contributed by atoms with E-state index in [1.807, 2.05) is 13.8 Å². The average molecular weight is 558 g/mol. The Labute approximate surface area is 229 Å². The third-order valence-corrected chi connectivity index (χ3v) is 7.05. The Morgan fingerprint density at radius 2 is 1.85 bits per heavy atom. The van der Waals surface area contributed by atoms with Crippen LogP contribution in [0.4, 0.5) is 4.39 Å². The smallest absolute Gasteiger partial charge is 0.261 e. The summed E-state index contributed by atoms with van der Waals surface area (Å²) in [5.41, 5.74) is 6.41. The number of nitrogens with zero attached hydrogens (tertiary/aromatic N) is 3. The Balaban J connectivity index is 1.38. The van der Waals surface area contributed by atoms with Crippen molar-refractivity contribution in [3.8, 4) is 5.75 Å². The zero-order valence-electron chi connectivity index (χ0n) is 21.5. The van der Waals surface area contributed by atoms with Crippen molar-refractivity contribution in [2.45, 2.75) is 38.9 Å². The van der Waals surface area contributed by atoms with E-state index >= 15 is 0 Å². The number of piperazine rings is 1. The van der Waals surface area contributed by atoms with Crippen LogP contribution in [0.1, 0.15) is 36.2 Å². The molecule has 0 bridgehead atoms. The van der Waals surface area contributed by atoms with Gasteiger partial charge in [-0.3, -0.25) is 29.4 Å². The Bertz CT molecular complexity index is 1320. The quantitative estimate of drug-likeness (QED) is 0.375. The molecule has 3 unspecified atom stereocenters. The zero-order valence-corrected chi connectivity index (χ0v) is 22.3. The van der Waals surface area contributed by atoms with Gasteiger partial charge in [-0.2, -0.15) is 4.99 Å². The number of guanidine groups is 1. The van der Waals surface area contributed by atoms with Gasteiger partial charge < -0.3 is 15.4 Å². The van der Waals surface area contributed by atoms with Crippen molar-refractivity contribution in [2.75, 3.05) is 19.7 Å². The molecule has 0 aromatic heterocycles. The van der Waals surface area contributed by atoms with E-state index in [0.29, 0.717) is 19.6 Å². The molecule has 2 aliphatic rings. The maximum absolute atomic E-state index is 13.2. The second-order valence-corrected chi connectivity index (χ2v) is 10.2. The van der Waals surface area contributed by atoms with E-state index in [9.17, 15) is 23.6 Å². The van der Waals surface area contributed by atoms with Crippen LogP contribution in [-0.2, 0) is 20.9 Å². The molecule has 2 aromatic rings. The molecule has 2 aliphatic heterocycles. The van der Waals surface area contributed by atoms with Crippen molar-refractivity contribution in [3.05, 3.63) is 64.4 Å². The highest BCUT2D eigenvalue weighted by atomic mass is 35.5. The fraction of sp³-hybridized carbons (Fsp3) is 0.370. The first-order chi connectivity index (χ1) is 18.5. The number of rotatable bonds is 8. The normalized spacial score (nSPS) is 21.8. The lowest BCUT2D eigenvalue weighted by atomic mass is 9.95. The van der Waals surface area contributed by atoms with Crippen LogP contribution in [0.2, 0.25) is 5.02 Å². The fourth-order valence-corrected chi connectivity index (χ4v) is 4.86. The molecule has 2 aromatic carbocycles. The van der Waals surface area contributed by atoms with Gasteiger partial charge in [0, 0.05) is 43.2 Å². The maximum Gasteiger partial charge on any atom is 0.261 e. The number of hydrogen-bond acceptors (Lipinski definition) is 7. The number of ether oxygens (including phenoxy) is 1. The maximum atomic E-state index is 13.2. The molecule has 0 radical (unpaired) electrons. The van der Waals surface area contributed by atoms with Crippen LogP contribution in [-0.4, -0.2) is 71.0 Å².